The molecule has 2 nitrogen and oxygen atoms in total. The molecule has 0 aliphatic heterocycles. The summed E-state index contributed by atoms with van der Waals surface area (Å²) >= 11 is 0. The van der Waals surface area contributed by atoms with Crippen molar-refractivity contribution in [3.63, 3.8) is 0 Å². The highest BCUT2D eigenvalue weighted by Crippen LogP contribution is 2.09. The van der Waals surface area contributed by atoms with E-state index in [0.29, 0.717) is 6.04 Å². The molecule has 2 atom stereocenters. The fourth-order valence-corrected chi connectivity index (χ4v) is 1.45. The summed E-state index contributed by atoms with van der Waals surface area (Å²) < 4.78 is 5.63. The van der Waals surface area contributed by atoms with Crippen LogP contribution >= 0.6 is 0 Å². The first-order valence-electron chi connectivity index (χ1n) is 5.02. The molecule has 0 fully saturated rings. The molecule has 0 heterocycles. The molecule has 1 N–H and O–H groups in total. The third-order valence-electron chi connectivity index (χ3n) is 2.11. The molecule has 13 heavy (non-hydrogen) atoms. The molecule has 0 saturated heterocycles. The van der Waals surface area contributed by atoms with Crippen molar-refractivity contribution in [1.82, 2.24) is 5.32 Å². The first kappa shape index (κ1) is 12.5. The molecular weight excluding hydrogens is 162 g/mol. The average Bonchev–Trinajstić information content (AvgIpc) is 2.14. The van der Waals surface area contributed by atoms with Crippen LogP contribution in [0.3, 0.4) is 0 Å². The first-order valence-corrected chi connectivity index (χ1v) is 5.02. The Hall–Kier alpha value is -0.520. The SMILES string of the molecule is C#CCC(NC)C(CCC)OCC. The third kappa shape index (κ3) is 4.92. The highest BCUT2D eigenvalue weighted by atomic mass is 16.5. The van der Waals surface area contributed by atoms with E-state index in [-0.39, 0.29) is 6.10 Å². The summed E-state index contributed by atoms with van der Waals surface area (Å²) in [5, 5.41) is 3.21. The number of nitrogens with one attached hydrogen (secondary N) is 1. The van der Waals surface area contributed by atoms with E-state index in [0.717, 1.165) is 25.9 Å². The molecule has 0 amide bonds. The minimum Gasteiger partial charge on any atom is -0.377 e. The van der Waals surface area contributed by atoms with Gasteiger partial charge in [0.1, 0.15) is 0 Å². The molecule has 0 aliphatic carbocycles. The minimum absolute atomic E-state index is 0.260. The molecule has 76 valence electrons. The molecular formula is C11H21NO. The van der Waals surface area contributed by atoms with Gasteiger partial charge >= 0.3 is 0 Å². The number of terminal acetylenes is 1. The van der Waals surface area contributed by atoms with Gasteiger partial charge in [-0.1, -0.05) is 13.3 Å². The Balaban J connectivity index is 4.04. The summed E-state index contributed by atoms with van der Waals surface area (Å²) in [6.07, 6.45) is 8.49. The minimum atomic E-state index is 0.260. The van der Waals surface area contributed by atoms with Crippen molar-refractivity contribution < 1.29 is 4.74 Å². The lowest BCUT2D eigenvalue weighted by molar-refractivity contribution is 0.0312. The lowest BCUT2D eigenvalue weighted by Crippen LogP contribution is -2.39. The normalized spacial score (nSPS) is 14.9. The molecule has 0 rings (SSSR count). The standard InChI is InChI=1S/C11H21NO/c1-5-8-10(12-4)11(9-6-2)13-7-3/h1,10-12H,6-9H2,2-4H3. The summed E-state index contributed by atoms with van der Waals surface area (Å²) in [6, 6.07) is 0.296. The lowest BCUT2D eigenvalue weighted by atomic mass is 10.0. The molecule has 2 heteroatoms. The van der Waals surface area contributed by atoms with Crippen LogP contribution in [0, 0.1) is 12.3 Å². The highest BCUT2D eigenvalue weighted by Gasteiger charge is 2.17. The van der Waals surface area contributed by atoms with Gasteiger partial charge in [-0.2, -0.15) is 0 Å². The topological polar surface area (TPSA) is 21.3 Å². The van der Waals surface area contributed by atoms with Crippen LogP contribution in [0.2, 0.25) is 0 Å². The Kier molecular flexibility index (Phi) is 7.77. The van der Waals surface area contributed by atoms with Gasteiger partial charge < -0.3 is 10.1 Å². The van der Waals surface area contributed by atoms with Gasteiger partial charge in [0.15, 0.2) is 0 Å². The zero-order chi connectivity index (χ0) is 10.1. The van der Waals surface area contributed by atoms with Crippen LogP contribution in [0.15, 0.2) is 0 Å². The smallest absolute Gasteiger partial charge is 0.0737 e. The summed E-state index contributed by atoms with van der Waals surface area (Å²) in [5.41, 5.74) is 0. The summed E-state index contributed by atoms with van der Waals surface area (Å²) in [6.45, 7) is 4.94. The fourth-order valence-electron chi connectivity index (χ4n) is 1.45. The predicted molar refractivity (Wildman–Crippen MR) is 56.6 cm³/mol. The first-order chi connectivity index (χ1) is 6.29. The van der Waals surface area contributed by atoms with Gasteiger partial charge in [0, 0.05) is 19.1 Å². The summed E-state index contributed by atoms with van der Waals surface area (Å²) in [4.78, 5) is 0. The number of hydrogen-bond acceptors (Lipinski definition) is 2. The van der Waals surface area contributed by atoms with Crippen LogP contribution in [0.4, 0.5) is 0 Å². The molecule has 0 bridgehead atoms. The van der Waals surface area contributed by atoms with E-state index in [1.54, 1.807) is 0 Å². The monoisotopic (exact) mass is 183 g/mol. The van der Waals surface area contributed by atoms with E-state index in [9.17, 15) is 0 Å². The van der Waals surface area contributed by atoms with Crippen molar-refractivity contribution in [2.75, 3.05) is 13.7 Å². The number of ether oxygens (including phenoxy) is 1. The maximum Gasteiger partial charge on any atom is 0.0737 e. The van der Waals surface area contributed by atoms with Crippen molar-refractivity contribution in [2.45, 2.75) is 45.3 Å². The zero-order valence-corrected chi connectivity index (χ0v) is 8.97. The summed E-state index contributed by atoms with van der Waals surface area (Å²) in [7, 11) is 1.93. The Bertz CT molecular complexity index is 145. The van der Waals surface area contributed by atoms with Gasteiger partial charge in [0.05, 0.1) is 6.10 Å². The van der Waals surface area contributed by atoms with Crippen molar-refractivity contribution in [2.24, 2.45) is 0 Å². The maximum atomic E-state index is 5.63. The van der Waals surface area contributed by atoms with Crippen LogP contribution in [0.5, 0.6) is 0 Å². The van der Waals surface area contributed by atoms with Gasteiger partial charge in [0.25, 0.3) is 0 Å². The van der Waals surface area contributed by atoms with Crippen molar-refractivity contribution in [1.29, 1.82) is 0 Å². The van der Waals surface area contributed by atoms with E-state index in [1.165, 1.54) is 0 Å². The van der Waals surface area contributed by atoms with Crippen LogP contribution in [-0.2, 0) is 4.74 Å². The summed E-state index contributed by atoms with van der Waals surface area (Å²) in [5.74, 6) is 2.67. The Labute approximate surface area is 82.1 Å². The van der Waals surface area contributed by atoms with E-state index in [2.05, 4.69) is 18.2 Å². The number of rotatable bonds is 7. The van der Waals surface area contributed by atoms with E-state index < -0.39 is 0 Å². The fraction of sp³-hybridized carbons (Fsp3) is 0.818. The Morgan fingerprint density at radius 2 is 2.15 bits per heavy atom. The van der Waals surface area contributed by atoms with Gasteiger partial charge in [-0.25, -0.2) is 0 Å². The van der Waals surface area contributed by atoms with Crippen LogP contribution < -0.4 is 5.32 Å². The average molecular weight is 183 g/mol. The van der Waals surface area contributed by atoms with Gasteiger partial charge in [0.2, 0.25) is 0 Å². The molecule has 0 aromatic carbocycles. The van der Waals surface area contributed by atoms with Crippen molar-refractivity contribution in [3.05, 3.63) is 0 Å². The van der Waals surface area contributed by atoms with Gasteiger partial charge in [-0.3, -0.25) is 0 Å². The second kappa shape index (κ2) is 8.10. The quantitative estimate of drug-likeness (QED) is 0.608. The highest BCUT2D eigenvalue weighted by molar-refractivity contribution is 4.92. The van der Waals surface area contributed by atoms with Crippen molar-refractivity contribution >= 4 is 0 Å². The lowest BCUT2D eigenvalue weighted by Gasteiger charge is -2.24. The second-order valence-corrected chi connectivity index (χ2v) is 3.09. The molecule has 0 aliphatic rings. The largest absolute Gasteiger partial charge is 0.377 e. The van der Waals surface area contributed by atoms with E-state index in [1.807, 2.05) is 14.0 Å². The van der Waals surface area contributed by atoms with Gasteiger partial charge in [-0.15, -0.1) is 12.3 Å². The van der Waals surface area contributed by atoms with Crippen molar-refractivity contribution in [3.8, 4) is 12.3 Å². The molecule has 0 aromatic rings. The van der Waals surface area contributed by atoms with E-state index in [4.69, 9.17) is 11.2 Å². The van der Waals surface area contributed by atoms with Crippen LogP contribution in [0.1, 0.15) is 33.1 Å². The second-order valence-electron chi connectivity index (χ2n) is 3.09. The molecule has 2 unspecified atom stereocenters. The molecule has 0 radical (unpaired) electrons. The molecule has 0 spiro atoms. The van der Waals surface area contributed by atoms with Gasteiger partial charge in [-0.05, 0) is 20.4 Å². The predicted octanol–water partition coefficient (Wildman–Crippen LogP) is 1.80. The molecule has 0 aromatic heterocycles. The Morgan fingerprint density at radius 1 is 1.46 bits per heavy atom. The van der Waals surface area contributed by atoms with Crippen LogP contribution in [-0.4, -0.2) is 25.8 Å². The maximum absolute atomic E-state index is 5.63. The number of hydrogen-bond donors (Lipinski definition) is 1. The van der Waals surface area contributed by atoms with E-state index >= 15 is 0 Å². The van der Waals surface area contributed by atoms with Crippen LogP contribution in [0.25, 0.3) is 0 Å². The third-order valence-corrected chi connectivity index (χ3v) is 2.11. The number of likely N-dealkylation sites (N-methyl/N-ethyl adjacent to an activating group) is 1. The molecule has 0 saturated carbocycles. The Morgan fingerprint density at radius 3 is 2.54 bits per heavy atom. The zero-order valence-electron chi connectivity index (χ0n) is 8.97.